The first kappa shape index (κ1) is 17.5. The lowest BCUT2D eigenvalue weighted by atomic mass is 10.1. The van der Waals surface area contributed by atoms with Crippen molar-refractivity contribution in [3.05, 3.63) is 42.1 Å². The second kappa shape index (κ2) is 7.00. The molecule has 0 aliphatic carbocycles. The van der Waals surface area contributed by atoms with E-state index >= 15 is 0 Å². The molecule has 6 heteroatoms. The average Bonchev–Trinajstić information content (AvgIpc) is 3.14. The molecule has 1 aromatic carbocycles. The Balaban J connectivity index is 1.47. The summed E-state index contributed by atoms with van der Waals surface area (Å²) in [5, 5.41) is 4.22. The number of nitrogens with zero attached hydrogens (tertiary/aromatic N) is 1. The van der Waals surface area contributed by atoms with E-state index in [4.69, 9.17) is 0 Å². The molecule has 0 bridgehead atoms. The Kier molecular flexibility index (Phi) is 4.71. The van der Waals surface area contributed by atoms with E-state index in [1.165, 1.54) is 18.5 Å². The smallest absolute Gasteiger partial charge is 0.268 e. The third-order valence-corrected chi connectivity index (χ3v) is 9.76. The summed E-state index contributed by atoms with van der Waals surface area (Å²) in [5.41, 5.74) is 2.53. The number of nitrogens with one attached hydrogen (secondary N) is 2. The van der Waals surface area contributed by atoms with Gasteiger partial charge in [0, 0.05) is 19.7 Å². The molecular formula is C20H25N3OSSi. The molecule has 4 nitrogen and oxygen atoms in total. The van der Waals surface area contributed by atoms with E-state index in [2.05, 4.69) is 40.5 Å². The topological polar surface area (TPSA) is 57.8 Å². The normalized spacial score (nSPS) is 20.0. The summed E-state index contributed by atoms with van der Waals surface area (Å²) in [6.07, 6.45) is 3.47. The Bertz CT molecular complexity index is 884. The van der Waals surface area contributed by atoms with Gasteiger partial charge in [0.05, 0.1) is 4.70 Å². The van der Waals surface area contributed by atoms with Gasteiger partial charge in [0.15, 0.2) is 0 Å². The molecule has 3 heterocycles. The van der Waals surface area contributed by atoms with E-state index < -0.39 is 8.07 Å². The molecule has 1 unspecified atom stereocenters. The maximum Gasteiger partial charge on any atom is 0.268 e. The van der Waals surface area contributed by atoms with Gasteiger partial charge in [-0.25, -0.2) is 4.98 Å². The molecule has 1 amide bonds. The van der Waals surface area contributed by atoms with Gasteiger partial charge >= 0.3 is 0 Å². The van der Waals surface area contributed by atoms with Crippen LogP contribution in [0.15, 0.2) is 36.4 Å². The SMILES string of the molecule is C[Si]1(C)CCCC(NC(=O)c2cc3sc(-c4ccccc4)nc3[nH]2)CC1. The number of carbonyl (C=O) groups is 1. The molecule has 136 valence electrons. The molecule has 2 N–H and O–H groups in total. The van der Waals surface area contributed by atoms with Crippen LogP contribution in [0.5, 0.6) is 0 Å². The molecule has 1 aliphatic rings. The number of rotatable bonds is 3. The summed E-state index contributed by atoms with van der Waals surface area (Å²) < 4.78 is 1.03. The van der Waals surface area contributed by atoms with Gasteiger partial charge < -0.3 is 10.3 Å². The van der Waals surface area contributed by atoms with Crippen LogP contribution < -0.4 is 5.32 Å². The minimum absolute atomic E-state index is 0.00262. The second-order valence-corrected chi connectivity index (χ2v) is 14.4. The number of carbonyl (C=O) groups excluding carboxylic acids is 1. The van der Waals surface area contributed by atoms with Crippen molar-refractivity contribution in [2.24, 2.45) is 0 Å². The van der Waals surface area contributed by atoms with Crippen molar-refractivity contribution >= 4 is 35.7 Å². The zero-order valence-corrected chi connectivity index (χ0v) is 17.2. The van der Waals surface area contributed by atoms with Crippen LogP contribution in [-0.4, -0.2) is 30.0 Å². The van der Waals surface area contributed by atoms with Gasteiger partial charge in [0.2, 0.25) is 0 Å². The van der Waals surface area contributed by atoms with Gasteiger partial charge in [0.1, 0.15) is 16.3 Å². The summed E-state index contributed by atoms with van der Waals surface area (Å²) in [6.45, 7) is 4.93. The highest BCUT2D eigenvalue weighted by atomic mass is 32.1. The number of H-pyrrole nitrogens is 1. The standard InChI is InChI=1S/C20H25N3OSSi/c1-26(2)11-6-9-15(10-12-26)21-19(24)16-13-17-18(22-16)23-20(25-17)14-7-4-3-5-8-14/h3-5,7-8,13,15,22H,6,9-12H2,1-2H3,(H,21,24). The molecule has 4 rings (SSSR count). The van der Waals surface area contributed by atoms with E-state index in [1.807, 2.05) is 24.3 Å². The third kappa shape index (κ3) is 3.76. The predicted molar refractivity (Wildman–Crippen MR) is 112 cm³/mol. The van der Waals surface area contributed by atoms with Gasteiger partial charge in [0.25, 0.3) is 5.91 Å². The molecule has 1 atom stereocenters. The highest BCUT2D eigenvalue weighted by molar-refractivity contribution is 7.21. The van der Waals surface area contributed by atoms with Crippen LogP contribution in [0.25, 0.3) is 20.9 Å². The van der Waals surface area contributed by atoms with E-state index in [0.29, 0.717) is 11.7 Å². The van der Waals surface area contributed by atoms with Crippen molar-refractivity contribution in [2.75, 3.05) is 0 Å². The van der Waals surface area contributed by atoms with Crippen molar-refractivity contribution < 1.29 is 4.79 Å². The summed E-state index contributed by atoms with van der Waals surface area (Å²) >= 11 is 1.62. The summed E-state index contributed by atoms with van der Waals surface area (Å²) in [5.74, 6) is 0.00262. The molecule has 1 saturated heterocycles. The lowest BCUT2D eigenvalue weighted by molar-refractivity contribution is 0.0930. The van der Waals surface area contributed by atoms with Crippen molar-refractivity contribution in [3.63, 3.8) is 0 Å². The first-order valence-electron chi connectivity index (χ1n) is 9.36. The number of hydrogen-bond donors (Lipinski definition) is 2. The molecular weight excluding hydrogens is 358 g/mol. The van der Waals surface area contributed by atoms with E-state index in [0.717, 1.165) is 33.8 Å². The Labute approximate surface area is 159 Å². The van der Waals surface area contributed by atoms with Gasteiger partial charge in [-0.1, -0.05) is 61.9 Å². The molecule has 1 fully saturated rings. The number of aromatic amines is 1. The highest BCUT2D eigenvalue weighted by Gasteiger charge is 2.27. The zero-order valence-electron chi connectivity index (χ0n) is 15.3. The fraction of sp³-hybridized carbons (Fsp3) is 0.400. The summed E-state index contributed by atoms with van der Waals surface area (Å²) in [6, 6.07) is 15.1. The fourth-order valence-corrected chi connectivity index (χ4v) is 7.22. The summed E-state index contributed by atoms with van der Waals surface area (Å²) in [7, 11) is -1.03. The minimum Gasteiger partial charge on any atom is -0.348 e. The molecule has 3 aromatic rings. The number of hydrogen-bond acceptors (Lipinski definition) is 3. The highest BCUT2D eigenvalue weighted by Crippen LogP contribution is 2.31. The Morgan fingerprint density at radius 2 is 2.04 bits per heavy atom. The van der Waals surface area contributed by atoms with Crippen molar-refractivity contribution in [1.82, 2.24) is 15.3 Å². The number of fused-ring (bicyclic) bond motifs is 1. The second-order valence-electron chi connectivity index (χ2n) is 8.05. The molecule has 26 heavy (non-hydrogen) atoms. The molecule has 1 aliphatic heterocycles. The monoisotopic (exact) mass is 383 g/mol. The molecule has 0 spiro atoms. The van der Waals surface area contributed by atoms with E-state index in [9.17, 15) is 4.79 Å². The Morgan fingerprint density at radius 3 is 2.81 bits per heavy atom. The van der Waals surface area contributed by atoms with E-state index in [-0.39, 0.29) is 5.91 Å². The van der Waals surface area contributed by atoms with Crippen LogP contribution in [0.3, 0.4) is 0 Å². The average molecular weight is 384 g/mol. The van der Waals surface area contributed by atoms with Crippen molar-refractivity contribution in [2.45, 2.75) is 50.5 Å². The van der Waals surface area contributed by atoms with Gasteiger partial charge in [-0.05, 0) is 18.9 Å². The maximum absolute atomic E-state index is 12.7. The lowest BCUT2D eigenvalue weighted by Crippen LogP contribution is -2.35. The number of aromatic nitrogens is 2. The first-order valence-corrected chi connectivity index (χ1v) is 13.6. The number of amides is 1. The van der Waals surface area contributed by atoms with Gasteiger partial charge in [-0.2, -0.15) is 0 Å². The van der Waals surface area contributed by atoms with Crippen LogP contribution >= 0.6 is 11.3 Å². The molecule has 2 aromatic heterocycles. The van der Waals surface area contributed by atoms with Crippen LogP contribution in [0, 0.1) is 0 Å². The fourth-order valence-electron chi connectivity index (χ4n) is 3.71. The Hall–Kier alpha value is -1.92. The maximum atomic E-state index is 12.7. The summed E-state index contributed by atoms with van der Waals surface area (Å²) in [4.78, 5) is 20.5. The van der Waals surface area contributed by atoms with Gasteiger partial charge in [-0.3, -0.25) is 4.79 Å². The Morgan fingerprint density at radius 1 is 1.23 bits per heavy atom. The van der Waals surface area contributed by atoms with Crippen molar-refractivity contribution in [3.8, 4) is 10.6 Å². The van der Waals surface area contributed by atoms with Crippen molar-refractivity contribution in [1.29, 1.82) is 0 Å². The van der Waals surface area contributed by atoms with Crippen LogP contribution in [0.2, 0.25) is 25.2 Å². The van der Waals surface area contributed by atoms with Crippen LogP contribution in [0.1, 0.15) is 29.8 Å². The quantitative estimate of drug-likeness (QED) is 0.604. The van der Waals surface area contributed by atoms with Gasteiger partial charge in [-0.15, -0.1) is 11.3 Å². The number of benzene rings is 1. The van der Waals surface area contributed by atoms with Crippen LogP contribution in [0.4, 0.5) is 0 Å². The lowest BCUT2D eigenvalue weighted by Gasteiger charge is -2.19. The molecule has 0 radical (unpaired) electrons. The largest absolute Gasteiger partial charge is 0.348 e. The number of thiazole rings is 1. The molecule has 0 saturated carbocycles. The van der Waals surface area contributed by atoms with Crippen LogP contribution in [-0.2, 0) is 0 Å². The first-order chi connectivity index (χ1) is 12.5. The predicted octanol–water partition coefficient (Wildman–Crippen LogP) is 5.28. The zero-order chi connectivity index (χ0) is 18.1. The minimum atomic E-state index is -1.03. The van der Waals surface area contributed by atoms with E-state index in [1.54, 1.807) is 11.3 Å². The third-order valence-electron chi connectivity index (χ3n) is 5.36.